The van der Waals surface area contributed by atoms with Crippen molar-refractivity contribution < 1.29 is 14.6 Å². The standard InChI is InChI=1S/C3H2NO3/c5-2-1-7-3(6)4-2/h1,5H. The fraction of sp³-hybridized carbons (Fsp3) is 0. The van der Waals surface area contributed by atoms with Gasteiger partial charge in [0.2, 0.25) is 0 Å². The van der Waals surface area contributed by atoms with E-state index in [-0.39, 0.29) is 5.88 Å². The Morgan fingerprint density at radius 2 is 2.57 bits per heavy atom. The molecule has 0 fully saturated rings. The van der Waals surface area contributed by atoms with E-state index in [0.717, 1.165) is 6.26 Å². The highest BCUT2D eigenvalue weighted by Gasteiger charge is 1.96. The molecule has 4 heteroatoms. The van der Waals surface area contributed by atoms with Crippen molar-refractivity contribution in [2.75, 3.05) is 0 Å². The van der Waals surface area contributed by atoms with Crippen molar-refractivity contribution in [1.29, 1.82) is 0 Å². The van der Waals surface area contributed by atoms with Gasteiger partial charge in [0.25, 0.3) is 5.88 Å². The van der Waals surface area contributed by atoms with Crippen molar-refractivity contribution in [2.24, 2.45) is 0 Å². The first-order chi connectivity index (χ1) is 3.29. The minimum Gasteiger partial charge on any atom is -0.491 e. The van der Waals surface area contributed by atoms with Gasteiger partial charge in [0, 0.05) is 0 Å². The van der Waals surface area contributed by atoms with Crippen LogP contribution in [-0.4, -0.2) is 10.1 Å². The van der Waals surface area contributed by atoms with Gasteiger partial charge in [0.15, 0.2) is 6.26 Å². The van der Waals surface area contributed by atoms with Gasteiger partial charge in [-0.25, -0.2) is 5.11 Å². The van der Waals surface area contributed by atoms with Crippen molar-refractivity contribution in [3.05, 3.63) is 6.26 Å². The van der Waals surface area contributed by atoms with Crippen molar-refractivity contribution in [1.82, 2.24) is 4.98 Å². The molecule has 7 heavy (non-hydrogen) atoms. The molecule has 1 N–H and O–H groups in total. The fourth-order valence-corrected chi connectivity index (χ4v) is 0.249. The number of nitrogens with zero attached hydrogens (tertiary/aromatic N) is 1. The first kappa shape index (κ1) is 3.98. The van der Waals surface area contributed by atoms with Crippen molar-refractivity contribution >= 4 is 0 Å². The number of aromatic hydroxyl groups is 1. The van der Waals surface area contributed by atoms with Crippen LogP contribution in [-0.2, 0) is 5.11 Å². The molecule has 1 rings (SSSR count). The summed E-state index contributed by atoms with van der Waals surface area (Å²) in [6.45, 7) is 0. The Labute approximate surface area is 39.0 Å². The zero-order valence-electron chi connectivity index (χ0n) is 3.29. The quantitative estimate of drug-likeness (QED) is 0.516. The lowest BCUT2D eigenvalue weighted by molar-refractivity contribution is 0.237. The maximum atomic E-state index is 9.85. The molecule has 0 atom stereocenters. The average molecular weight is 100 g/mol. The average Bonchev–Trinajstić information content (AvgIpc) is 1.87. The molecule has 0 spiro atoms. The Morgan fingerprint density at radius 1 is 1.86 bits per heavy atom. The smallest absolute Gasteiger partial charge is 0.442 e. The van der Waals surface area contributed by atoms with Crippen LogP contribution in [0.1, 0.15) is 0 Å². The largest absolute Gasteiger partial charge is 0.491 e. The molecule has 1 heterocycles. The summed E-state index contributed by atoms with van der Waals surface area (Å²) >= 11 is 0. The first-order valence-corrected chi connectivity index (χ1v) is 1.60. The van der Waals surface area contributed by atoms with Crippen LogP contribution in [0, 0.1) is 0 Å². The van der Waals surface area contributed by atoms with E-state index in [9.17, 15) is 5.11 Å². The Kier molecular flexibility index (Phi) is 0.651. The number of hydrogen-bond acceptors (Lipinski definition) is 3. The Hall–Kier alpha value is -1.19. The molecule has 0 bridgehead atoms. The molecule has 0 saturated carbocycles. The third kappa shape index (κ3) is 0.623. The summed E-state index contributed by atoms with van der Waals surface area (Å²) in [4.78, 5) is 2.94. The van der Waals surface area contributed by atoms with Crippen LogP contribution >= 0.6 is 0 Å². The summed E-state index contributed by atoms with van der Waals surface area (Å²) in [5, 5.41) is 18.1. The minimum atomic E-state index is -0.766. The van der Waals surface area contributed by atoms with Gasteiger partial charge in [0.05, 0.1) is 0 Å². The summed E-state index contributed by atoms with van der Waals surface area (Å²) in [5.41, 5.74) is 0. The SMILES string of the molecule is [O]c1nc(O)co1. The summed E-state index contributed by atoms with van der Waals surface area (Å²) in [6, 6.07) is 0. The van der Waals surface area contributed by atoms with Gasteiger partial charge in [-0.2, -0.15) is 0 Å². The topological polar surface area (TPSA) is 66.2 Å². The maximum Gasteiger partial charge on any atom is 0.442 e. The van der Waals surface area contributed by atoms with Crippen LogP contribution in [0.25, 0.3) is 0 Å². The molecule has 0 saturated heterocycles. The Morgan fingerprint density at radius 3 is 2.71 bits per heavy atom. The van der Waals surface area contributed by atoms with E-state index in [1.807, 2.05) is 0 Å². The third-order valence-corrected chi connectivity index (χ3v) is 0.471. The molecule has 1 aromatic heterocycles. The van der Waals surface area contributed by atoms with Crippen LogP contribution in [0.2, 0.25) is 0 Å². The van der Waals surface area contributed by atoms with E-state index >= 15 is 0 Å². The van der Waals surface area contributed by atoms with Gasteiger partial charge in [-0.1, -0.05) is 0 Å². The summed E-state index contributed by atoms with van der Waals surface area (Å²) in [5.74, 6) is -0.370. The normalized spacial score (nSPS) is 9.14. The highest BCUT2D eigenvalue weighted by atomic mass is 16.5. The van der Waals surface area contributed by atoms with Gasteiger partial charge in [-0.05, 0) is 0 Å². The predicted octanol–water partition coefficient (Wildman–Crippen LogP) is 0.524. The van der Waals surface area contributed by atoms with Crippen LogP contribution in [0.4, 0.5) is 0 Å². The van der Waals surface area contributed by atoms with Crippen molar-refractivity contribution in [3.8, 4) is 12.0 Å². The van der Waals surface area contributed by atoms with Gasteiger partial charge in [0.1, 0.15) is 0 Å². The number of aromatic nitrogens is 1. The summed E-state index contributed by atoms with van der Waals surface area (Å²) < 4.78 is 4.05. The number of rotatable bonds is 0. The minimum absolute atomic E-state index is 0.370. The lowest BCUT2D eigenvalue weighted by atomic mass is 10.9. The van der Waals surface area contributed by atoms with Crippen LogP contribution < -0.4 is 0 Å². The first-order valence-electron chi connectivity index (χ1n) is 1.60. The number of oxazole rings is 1. The molecule has 1 aromatic rings. The molecule has 0 amide bonds. The zero-order valence-corrected chi connectivity index (χ0v) is 3.29. The van der Waals surface area contributed by atoms with E-state index < -0.39 is 6.08 Å². The van der Waals surface area contributed by atoms with Crippen LogP contribution in [0.5, 0.6) is 12.0 Å². The second-order valence-corrected chi connectivity index (χ2v) is 0.972. The maximum absolute atomic E-state index is 9.85. The molecule has 0 aromatic carbocycles. The third-order valence-electron chi connectivity index (χ3n) is 0.471. The summed E-state index contributed by atoms with van der Waals surface area (Å²) in [6.07, 6.45) is 0.111. The molecule has 1 radical (unpaired) electrons. The van der Waals surface area contributed by atoms with E-state index in [4.69, 9.17) is 5.11 Å². The van der Waals surface area contributed by atoms with Crippen LogP contribution in [0.3, 0.4) is 0 Å². The Balaban J connectivity index is 3.04. The second-order valence-electron chi connectivity index (χ2n) is 0.972. The van der Waals surface area contributed by atoms with E-state index in [1.54, 1.807) is 0 Å². The van der Waals surface area contributed by atoms with Crippen LogP contribution in [0.15, 0.2) is 10.7 Å². The highest BCUT2D eigenvalue weighted by Crippen LogP contribution is 2.11. The highest BCUT2D eigenvalue weighted by molar-refractivity contribution is 5.01. The van der Waals surface area contributed by atoms with Gasteiger partial charge < -0.3 is 9.52 Å². The Bertz CT molecular complexity index is 142. The lowest BCUT2D eigenvalue weighted by Crippen LogP contribution is -1.55. The van der Waals surface area contributed by atoms with E-state index in [0.29, 0.717) is 0 Å². The molecule has 0 aliphatic heterocycles. The predicted molar refractivity (Wildman–Crippen MR) is 18.3 cm³/mol. The molecule has 0 aliphatic rings. The lowest BCUT2D eigenvalue weighted by Gasteiger charge is -1.64. The number of hydrogen-bond donors (Lipinski definition) is 1. The monoisotopic (exact) mass is 100 g/mol. The summed E-state index contributed by atoms with van der Waals surface area (Å²) in [7, 11) is 0. The molecule has 37 valence electrons. The zero-order chi connectivity index (χ0) is 5.28. The second kappa shape index (κ2) is 1.14. The van der Waals surface area contributed by atoms with Gasteiger partial charge in [-0.15, -0.1) is 4.98 Å². The molecule has 0 aliphatic carbocycles. The molecular weight excluding hydrogens is 98.0 g/mol. The van der Waals surface area contributed by atoms with Crippen molar-refractivity contribution in [3.63, 3.8) is 0 Å². The van der Waals surface area contributed by atoms with Crippen molar-refractivity contribution in [2.45, 2.75) is 0 Å². The molecule has 4 nitrogen and oxygen atoms in total. The van der Waals surface area contributed by atoms with E-state index in [2.05, 4.69) is 9.40 Å². The van der Waals surface area contributed by atoms with Gasteiger partial charge >= 0.3 is 6.08 Å². The van der Waals surface area contributed by atoms with E-state index in [1.165, 1.54) is 0 Å². The van der Waals surface area contributed by atoms with Gasteiger partial charge in [-0.3, -0.25) is 0 Å². The molecular formula is C3H2NO3. The fourth-order valence-electron chi connectivity index (χ4n) is 0.249. The molecule has 0 unspecified atom stereocenters.